The first kappa shape index (κ1) is 10.7. The van der Waals surface area contributed by atoms with Crippen molar-refractivity contribution in [3.8, 4) is 0 Å². The lowest BCUT2D eigenvalue weighted by atomic mass is 10.4. The predicted molar refractivity (Wildman–Crippen MR) is 59.1 cm³/mol. The quantitative estimate of drug-likeness (QED) is 0.597. The molecule has 86 valence electrons. The Bertz CT molecular complexity index is 425. The van der Waals surface area contributed by atoms with E-state index >= 15 is 0 Å². The summed E-state index contributed by atoms with van der Waals surface area (Å²) in [7, 11) is 0. The molecule has 1 aromatic rings. The Morgan fingerprint density at radius 2 is 2.31 bits per heavy atom. The number of carbonyl (C=O) groups is 1. The van der Waals surface area contributed by atoms with E-state index in [1.807, 2.05) is 0 Å². The number of aromatic amines is 1. The molecular formula is C10H14N4O2. The fraction of sp³-hybridized carbons (Fsp3) is 0.500. The Kier molecular flexibility index (Phi) is 3.19. The van der Waals surface area contributed by atoms with Crippen molar-refractivity contribution < 1.29 is 4.79 Å². The lowest BCUT2D eigenvalue weighted by Gasteiger charge is -2.06. The highest BCUT2D eigenvalue weighted by molar-refractivity contribution is 5.80. The molecule has 1 heterocycles. The van der Waals surface area contributed by atoms with Gasteiger partial charge >= 0.3 is 0 Å². The summed E-state index contributed by atoms with van der Waals surface area (Å²) in [5, 5.41) is 11.8. The van der Waals surface area contributed by atoms with Gasteiger partial charge in [0.05, 0.1) is 11.9 Å². The molecule has 6 heteroatoms. The van der Waals surface area contributed by atoms with E-state index in [4.69, 9.17) is 0 Å². The molecular weight excluding hydrogens is 208 g/mol. The Balaban J connectivity index is 1.67. The normalized spacial score (nSPS) is 14.5. The second-order valence-electron chi connectivity index (χ2n) is 3.83. The third-order valence-electron chi connectivity index (χ3n) is 2.37. The minimum absolute atomic E-state index is 0.130. The summed E-state index contributed by atoms with van der Waals surface area (Å²) in [6.07, 6.45) is 3.55. The van der Waals surface area contributed by atoms with Crippen molar-refractivity contribution in [3.05, 3.63) is 22.6 Å². The molecule has 1 fully saturated rings. The molecule has 0 unspecified atom stereocenters. The van der Waals surface area contributed by atoms with Crippen LogP contribution >= 0.6 is 0 Å². The standard InChI is InChI=1S/C10H14N4O2/c15-9-5-8(6-13-14-9)11-3-4-12-10(16)7-1-2-7/h5-7H,1-4H2,(H,12,16)(H2,11,14,15). The minimum Gasteiger partial charge on any atom is -0.382 e. The SMILES string of the molecule is O=C(NCCNc1cn[nH]c(=O)c1)C1CC1. The summed E-state index contributed by atoms with van der Waals surface area (Å²) in [4.78, 5) is 22.2. The minimum atomic E-state index is -0.244. The highest BCUT2D eigenvalue weighted by Gasteiger charge is 2.28. The summed E-state index contributed by atoms with van der Waals surface area (Å²) in [5.41, 5.74) is 0.413. The Morgan fingerprint density at radius 1 is 1.50 bits per heavy atom. The average molecular weight is 222 g/mol. The van der Waals surface area contributed by atoms with Gasteiger partial charge in [0.2, 0.25) is 5.91 Å². The molecule has 0 saturated heterocycles. The molecule has 0 spiro atoms. The van der Waals surface area contributed by atoms with E-state index in [2.05, 4.69) is 20.8 Å². The summed E-state index contributed by atoms with van der Waals surface area (Å²) in [5.74, 6) is 0.368. The highest BCUT2D eigenvalue weighted by atomic mass is 16.2. The molecule has 1 aliphatic carbocycles. The number of hydrogen-bond acceptors (Lipinski definition) is 4. The van der Waals surface area contributed by atoms with Gasteiger partial charge in [-0.1, -0.05) is 0 Å². The maximum Gasteiger partial charge on any atom is 0.266 e. The molecule has 1 aliphatic rings. The lowest BCUT2D eigenvalue weighted by molar-refractivity contribution is -0.122. The van der Waals surface area contributed by atoms with Crippen molar-refractivity contribution in [1.82, 2.24) is 15.5 Å². The predicted octanol–water partition coefficient (Wildman–Crippen LogP) is -0.292. The van der Waals surface area contributed by atoms with E-state index in [0.29, 0.717) is 18.8 Å². The van der Waals surface area contributed by atoms with E-state index in [1.54, 1.807) is 0 Å². The number of hydrogen-bond donors (Lipinski definition) is 3. The molecule has 3 N–H and O–H groups in total. The van der Waals surface area contributed by atoms with Crippen LogP contribution in [0.3, 0.4) is 0 Å². The summed E-state index contributed by atoms with van der Waals surface area (Å²) in [6, 6.07) is 1.43. The maximum absolute atomic E-state index is 11.3. The van der Waals surface area contributed by atoms with E-state index in [-0.39, 0.29) is 17.4 Å². The third-order valence-corrected chi connectivity index (χ3v) is 2.37. The molecule has 1 amide bonds. The van der Waals surface area contributed by atoms with Crippen LogP contribution in [0.2, 0.25) is 0 Å². The number of rotatable bonds is 5. The van der Waals surface area contributed by atoms with Crippen LogP contribution < -0.4 is 16.2 Å². The molecule has 0 bridgehead atoms. The van der Waals surface area contributed by atoms with Crippen LogP contribution in [-0.2, 0) is 4.79 Å². The first-order valence-corrected chi connectivity index (χ1v) is 5.32. The second kappa shape index (κ2) is 4.78. The molecule has 16 heavy (non-hydrogen) atoms. The fourth-order valence-electron chi connectivity index (χ4n) is 1.36. The van der Waals surface area contributed by atoms with Crippen molar-refractivity contribution in [2.24, 2.45) is 5.92 Å². The summed E-state index contributed by atoms with van der Waals surface area (Å²) in [6.45, 7) is 1.14. The largest absolute Gasteiger partial charge is 0.382 e. The van der Waals surface area contributed by atoms with Crippen LogP contribution in [0.25, 0.3) is 0 Å². The number of nitrogens with one attached hydrogen (secondary N) is 3. The van der Waals surface area contributed by atoms with Gasteiger partial charge in [0.1, 0.15) is 0 Å². The first-order valence-electron chi connectivity index (χ1n) is 5.32. The van der Waals surface area contributed by atoms with Gasteiger partial charge in [-0.3, -0.25) is 9.59 Å². The molecule has 0 aromatic carbocycles. The molecule has 0 aliphatic heterocycles. The molecule has 1 aromatic heterocycles. The zero-order chi connectivity index (χ0) is 11.4. The topological polar surface area (TPSA) is 86.9 Å². The van der Waals surface area contributed by atoms with Gasteiger partial charge in [-0.2, -0.15) is 5.10 Å². The fourth-order valence-corrected chi connectivity index (χ4v) is 1.36. The molecule has 6 nitrogen and oxygen atoms in total. The summed E-state index contributed by atoms with van der Waals surface area (Å²) < 4.78 is 0. The number of anilines is 1. The Hall–Kier alpha value is -1.85. The molecule has 0 atom stereocenters. The number of aromatic nitrogens is 2. The van der Waals surface area contributed by atoms with Crippen molar-refractivity contribution in [2.75, 3.05) is 18.4 Å². The van der Waals surface area contributed by atoms with Crippen molar-refractivity contribution >= 4 is 11.6 Å². The Morgan fingerprint density at radius 3 is 3.00 bits per heavy atom. The third kappa shape index (κ3) is 3.08. The van der Waals surface area contributed by atoms with E-state index < -0.39 is 0 Å². The van der Waals surface area contributed by atoms with Crippen LogP contribution in [0, 0.1) is 5.92 Å². The maximum atomic E-state index is 11.3. The van der Waals surface area contributed by atoms with Crippen LogP contribution in [0.1, 0.15) is 12.8 Å². The van der Waals surface area contributed by atoms with Gasteiger partial charge in [-0.05, 0) is 12.8 Å². The first-order chi connectivity index (χ1) is 7.75. The van der Waals surface area contributed by atoms with Crippen molar-refractivity contribution in [2.45, 2.75) is 12.8 Å². The number of carbonyl (C=O) groups excluding carboxylic acids is 1. The number of nitrogens with zero attached hydrogens (tertiary/aromatic N) is 1. The Labute approximate surface area is 92.4 Å². The van der Waals surface area contributed by atoms with E-state index in [0.717, 1.165) is 12.8 Å². The average Bonchev–Trinajstić information content (AvgIpc) is 3.08. The molecule has 2 rings (SSSR count). The van der Waals surface area contributed by atoms with Gasteiger partial charge in [0.15, 0.2) is 0 Å². The number of amides is 1. The number of H-pyrrole nitrogens is 1. The van der Waals surface area contributed by atoms with Crippen LogP contribution in [0.5, 0.6) is 0 Å². The highest BCUT2D eigenvalue weighted by Crippen LogP contribution is 2.28. The van der Waals surface area contributed by atoms with E-state index in [9.17, 15) is 9.59 Å². The van der Waals surface area contributed by atoms with Gasteiger partial charge in [0, 0.05) is 25.1 Å². The lowest BCUT2D eigenvalue weighted by Crippen LogP contribution is -2.30. The summed E-state index contributed by atoms with van der Waals surface area (Å²) >= 11 is 0. The van der Waals surface area contributed by atoms with Crippen LogP contribution in [-0.4, -0.2) is 29.2 Å². The van der Waals surface area contributed by atoms with Crippen LogP contribution in [0.15, 0.2) is 17.1 Å². The molecule has 1 saturated carbocycles. The zero-order valence-electron chi connectivity index (χ0n) is 8.82. The van der Waals surface area contributed by atoms with Crippen molar-refractivity contribution in [1.29, 1.82) is 0 Å². The zero-order valence-corrected chi connectivity index (χ0v) is 8.82. The van der Waals surface area contributed by atoms with Gasteiger partial charge in [0.25, 0.3) is 5.56 Å². The molecule has 0 radical (unpaired) electrons. The smallest absolute Gasteiger partial charge is 0.266 e. The van der Waals surface area contributed by atoms with Crippen molar-refractivity contribution in [3.63, 3.8) is 0 Å². The van der Waals surface area contributed by atoms with Gasteiger partial charge in [-0.25, -0.2) is 5.10 Å². The monoisotopic (exact) mass is 222 g/mol. The second-order valence-corrected chi connectivity index (χ2v) is 3.83. The van der Waals surface area contributed by atoms with Gasteiger partial charge < -0.3 is 10.6 Å². The van der Waals surface area contributed by atoms with Crippen LogP contribution in [0.4, 0.5) is 5.69 Å². The van der Waals surface area contributed by atoms with E-state index in [1.165, 1.54) is 12.3 Å². The van der Waals surface area contributed by atoms with Gasteiger partial charge in [-0.15, -0.1) is 0 Å².